The number of nitrogens with zero attached hydrogens (tertiary/aromatic N) is 2. The fourth-order valence-electron chi connectivity index (χ4n) is 4.21. The van der Waals surface area contributed by atoms with Gasteiger partial charge in [0.15, 0.2) is 0 Å². The number of hydrogen-bond acceptors (Lipinski definition) is 5. The van der Waals surface area contributed by atoms with Crippen molar-refractivity contribution < 1.29 is 24.3 Å². The molecule has 8 heteroatoms. The van der Waals surface area contributed by atoms with Crippen LogP contribution in [0.15, 0.2) is 48.7 Å². The van der Waals surface area contributed by atoms with Gasteiger partial charge in [0.2, 0.25) is 5.91 Å². The summed E-state index contributed by atoms with van der Waals surface area (Å²) >= 11 is 0. The Bertz CT molecular complexity index is 1060. The van der Waals surface area contributed by atoms with Crippen molar-refractivity contribution in [2.24, 2.45) is 0 Å². The summed E-state index contributed by atoms with van der Waals surface area (Å²) in [7, 11) is 0. The summed E-state index contributed by atoms with van der Waals surface area (Å²) in [4.78, 5) is 55.6. The van der Waals surface area contributed by atoms with Crippen LogP contribution in [0.25, 0.3) is 10.8 Å². The van der Waals surface area contributed by atoms with Crippen LogP contribution < -0.4 is 5.32 Å². The lowest BCUT2D eigenvalue weighted by atomic mass is 10.0. The molecule has 30 heavy (non-hydrogen) atoms. The summed E-state index contributed by atoms with van der Waals surface area (Å²) in [5.41, 5.74) is 0.0156. The SMILES string of the molecule is O=C(NC1CC=CCC2CCC(C(=O)O)N2C1=O)C(=O)c1nccc2ccccc12. The van der Waals surface area contributed by atoms with Crippen LogP contribution in [0.5, 0.6) is 0 Å². The summed E-state index contributed by atoms with van der Waals surface area (Å²) in [5, 5.41) is 13.3. The zero-order chi connectivity index (χ0) is 21.3. The maximum Gasteiger partial charge on any atom is 0.326 e. The molecule has 0 spiro atoms. The highest BCUT2D eigenvalue weighted by atomic mass is 16.4. The minimum Gasteiger partial charge on any atom is -0.480 e. The maximum absolute atomic E-state index is 13.1. The van der Waals surface area contributed by atoms with E-state index in [4.69, 9.17) is 0 Å². The fourth-order valence-corrected chi connectivity index (χ4v) is 4.21. The molecule has 3 heterocycles. The van der Waals surface area contributed by atoms with E-state index in [9.17, 15) is 24.3 Å². The number of rotatable bonds is 4. The number of fused-ring (bicyclic) bond motifs is 2. The van der Waals surface area contributed by atoms with Gasteiger partial charge in [0.1, 0.15) is 17.8 Å². The zero-order valence-corrected chi connectivity index (χ0v) is 16.2. The topological polar surface area (TPSA) is 117 Å². The molecular formula is C22H21N3O5. The number of amides is 2. The van der Waals surface area contributed by atoms with E-state index in [1.807, 2.05) is 18.2 Å². The highest BCUT2D eigenvalue weighted by Gasteiger charge is 2.43. The third-order valence-corrected chi connectivity index (χ3v) is 5.69. The van der Waals surface area contributed by atoms with Gasteiger partial charge >= 0.3 is 5.97 Å². The van der Waals surface area contributed by atoms with Crippen LogP contribution in [0.1, 0.15) is 36.2 Å². The molecule has 0 saturated carbocycles. The molecule has 0 bridgehead atoms. The summed E-state index contributed by atoms with van der Waals surface area (Å²) < 4.78 is 0. The van der Waals surface area contributed by atoms with Crippen LogP contribution in [0, 0.1) is 0 Å². The molecule has 2 aliphatic heterocycles. The molecule has 2 N–H and O–H groups in total. The molecule has 2 aromatic rings. The molecule has 154 valence electrons. The van der Waals surface area contributed by atoms with Gasteiger partial charge < -0.3 is 15.3 Å². The highest BCUT2D eigenvalue weighted by Crippen LogP contribution is 2.29. The van der Waals surface area contributed by atoms with Crippen molar-refractivity contribution in [3.63, 3.8) is 0 Å². The van der Waals surface area contributed by atoms with Crippen LogP contribution in [0.3, 0.4) is 0 Å². The smallest absolute Gasteiger partial charge is 0.326 e. The van der Waals surface area contributed by atoms with E-state index in [-0.39, 0.29) is 18.2 Å². The van der Waals surface area contributed by atoms with Gasteiger partial charge in [0.25, 0.3) is 11.7 Å². The number of carbonyl (C=O) groups excluding carboxylic acids is 3. The van der Waals surface area contributed by atoms with Crippen molar-refractivity contribution in [1.29, 1.82) is 0 Å². The average Bonchev–Trinajstić information content (AvgIpc) is 3.17. The molecule has 1 fully saturated rings. The standard InChI is InChI=1S/C22H21N3O5/c26-19(18-15-7-3-1-5-13(15)11-12-23-18)20(27)24-16-8-4-2-6-14-9-10-17(22(29)30)25(14)21(16)28/h1-5,7,11-12,14,16-17H,6,8-10H2,(H,24,27)(H,29,30). The number of nitrogens with one attached hydrogen (secondary N) is 1. The van der Waals surface area contributed by atoms with E-state index in [0.717, 1.165) is 5.39 Å². The molecule has 1 aromatic heterocycles. The molecule has 0 radical (unpaired) electrons. The largest absolute Gasteiger partial charge is 0.480 e. The van der Waals surface area contributed by atoms with Crippen LogP contribution >= 0.6 is 0 Å². The number of hydrogen-bond donors (Lipinski definition) is 2. The number of aromatic nitrogens is 1. The molecule has 3 unspecified atom stereocenters. The molecule has 0 aliphatic carbocycles. The number of benzene rings is 1. The Morgan fingerprint density at radius 2 is 1.83 bits per heavy atom. The first-order valence-electron chi connectivity index (χ1n) is 9.86. The van der Waals surface area contributed by atoms with Crippen molar-refractivity contribution in [3.05, 3.63) is 54.4 Å². The molecular weight excluding hydrogens is 386 g/mol. The Morgan fingerprint density at radius 3 is 2.63 bits per heavy atom. The maximum atomic E-state index is 13.1. The second-order valence-electron chi connectivity index (χ2n) is 7.51. The molecule has 8 nitrogen and oxygen atoms in total. The second-order valence-corrected chi connectivity index (χ2v) is 7.51. The first kappa shape index (κ1) is 19.8. The molecule has 3 atom stereocenters. The first-order valence-corrected chi connectivity index (χ1v) is 9.86. The highest BCUT2D eigenvalue weighted by molar-refractivity contribution is 6.44. The molecule has 2 aliphatic rings. The minimum atomic E-state index is -1.06. The summed E-state index contributed by atoms with van der Waals surface area (Å²) in [6, 6.07) is 6.70. The van der Waals surface area contributed by atoms with Gasteiger partial charge in [-0.2, -0.15) is 0 Å². The number of Topliss-reactive ketones (excluding diaryl/α,β-unsaturated/α-hetero) is 1. The van der Waals surface area contributed by atoms with Gasteiger partial charge in [0.05, 0.1) is 0 Å². The van der Waals surface area contributed by atoms with Crippen molar-refractivity contribution in [2.45, 2.75) is 43.8 Å². The number of carboxylic acid groups (broad SMARTS) is 1. The van der Waals surface area contributed by atoms with Crippen molar-refractivity contribution in [3.8, 4) is 0 Å². The lowest BCUT2D eigenvalue weighted by Gasteiger charge is -2.32. The van der Waals surface area contributed by atoms with Crippen LogP contribution in [0.4, 0.5) is 0 Å². The van der Waals surface area contributed by atoms with E-state index >= 15 is 0 Å². The van der Waals surface area contributed by atoms with Gasteiger partial charge in [-0.3, -0.25) is 19.4 Å². The van der Waals surface area contributed by atoms with Crippen molar-refractivity contribution >= 4 is 34.3 Å². The molecule has 1 saturated heterocycles. The van der Waals surface area contributed by atoms with Crippen LogP contribution in [0.2, 0.25) is 0 Å². The number of pyridine rings is 1. The summed E-state index contributed by atoms with van der Waals surface area (Å²) in [6.07, 6.45) is 6.87. The van der Waals surface area contributed by atoms with E-state index < -0.39 is 35.7 Å². The fraction of sp³-hybridized carbons (Fsp3) is 0.318. The number of carbonyl (C=O) groups is 4. The Morgan fingerprint density at radius 1 is 1.07 bits per heavy atom. The lowest BCUT2D eigenvalue weighted by molar-refractivity contribution is -0.150. The normalized spacial score (nSPS) is 23.5. The van der Waals surface area contributed by atoms with Gasteiger partial charge in [-0.05, 0) is 37.1 Å². The third-order valence-electron chi connectivity index (χ3n) is 5.69. The molecule has 2 amide bonds. The summed E-state index contributed by atoms with van der Waals surface area (Å²) in [5.74, 6) is -3.30. The Hall–Kier alpha value is -3.55. The van der Waals surface area contributed by atoms with Gasteiger partial charge in [0, 0.05) is 17.6 Å². The quantitative estimate of drug-likeness (QED) is 0.453. The number of aliphatic carboxylic acids is 1. The van der Waals surface area contributed by atoms with E-state index in [1.54, 1.807) is 24.3 Å². The third kappa shape index (κ3) is 3.56. The van der Waals surface area contributed by atoms with Crippen molar-refractivity contribution in [2.75, 3.05) is 0 Å². The predicted molar refractivity (Wildman–Crippen MR) is 108 cm³/mol. The Labute approximate surface area is 172 Å². The second kappa shape index (κ2) is 8.06. The monoisotopic (exact) mass is 407 g/mol. The van der Waals surface area contributed by atoms with Gasteiger partial charge in [-0.15, -0.1) is 0 Å². The lowest BCUT2D eigenvalue weighted by Crippen LogP contribution is -2.55. The van der Waals surface area contributed by atoms with Crippen molar-refractivity contribution in [1.82, 2.24) is 15.2 Å². The average molecular weight is 407 g/mol. The van der Waals surface area contributed by atoms with E-state index in [2.05, 4.69) is 10.3 Å². The predicted octanol–water partition coefficient (Wildman–Crippen LogP) is 1.70. The summed E-state index contributed by atoms with van der Waals surface area (Å²) in [6.45, 7) is 0. The minimum absolute atomic E-state index is 0.0156. The van der Waals surface area contributed by atoms with Crippen LogP contribution in [-0.2, 0) is 14.4 Å². The first-order chi connectivity index (χ1) is 14.5. The molecule has 1 aromatic carbocycles. The Kier molecular flexibility index (Phi) is 5.31. The zero-order valence-electron chi connectivity index (χ0n) is 16.2. The van der Waals surface area contributed by atoms with E-state index in [1.165, 1.54) is 11.1 Å². The Balaban J connectivity index is 1.57. The number of carboxylic acids is 1. The number of ketones is 1. The van der Waals surface area contributed by atoms with Gasteiger partial charge in [-0.25, -0.2) is 4.79 Å². The van der Waals surface area contributed by atoms with E-state index in [0.29, 0.717) is 24.6 Å². The molecule has 4 rings (SSSR count). The van der Waals surface area contributed by atoms with Crippen LogP contribution in [-0.4, -0.2) is 56.7 Å². The van der Waals surface area contributed by atoms with Gasteiger partial charge in [-0.1, -0.05) is 36.4 Å².